The minimum Gasteiger partial charge on any atom is -0.461 e. The van der Waals surface area contributed by atoms with Crippen molar-refractivity contribution in [2.75, 3.05) is 51.4 Å². The largest absolute Gasteiger partial charge is 0.461 e. The van der Waals surface area contributed by atoms with Crippen LogP contribution in [0.4, 0.5) is 20.1 Å². The predicted molar refractivity (Wildman–Crippen MR) is 216 cm³/mol. The number of hydrogen-bond donors (Lipinski definition) is 8. The van der Waals surface area contributed by atoms with Gasteiger partial charge in [-0.2, -0.15) is 13.1 Å². The van der Waals surface area contributed by atoms with Crippen molar-refractivity contribution in [3.05, 3.63) is 29.8 Å². The van der Waals surface area contributed by atoms with E-state index in [0.717, 1.165) is 0 Å². The fourth-order valence-electron chi connectivity index (χ4n) is 4.76. The topological polar surface area (TPSA) is 318 Å². The maximum Gasteiger partial charge on any atom is 0.421 e. The summed E-state index contributed by atoms with van der Waals surface area (Å²) in [6.07, 6.45) is -0.681. The molecule has 60 heavy (non-hydrogen) atoms. The molecule has 1 rings (SSSR count). The number of primary amides is 1. The van der Waals surface area contributed by atoms with Crippen LogP contribution in [-0.4, -0.2) is 114 Å². The number of rotatable bonds is 29. The number of ketones is 1. The highest BCUT2D eigenvalue weighted by Crippen LogP contribution is 2.13. The molecular formula is C37H60N8O14S. The van der Waals surface area contributed by atoms with Crippen LogP contribution in [0.2, 0.25) is 0 Å². The summed E-state index contributed by atoms with van der Waals surface area (Å²) in [7, 11) is -4.28. The van der Waals surface area contributed by atoms with Gasteiger partial charge in [0.05, 0.1) is 25.7 Å². The number of ether oxygens (including phenoxy) is 4. The second-order valence-electron chi connectivity index (χ2n) is 14.0. The molecule has 0 fully saturated rings. The molecule has 7 amide bonds. The summed E-state index contributed by atoms with van der Waals surface area (Å²) >= 11 is 0. The summed E-state index contributed by atoms with van der Waals surface area (Å²) in [5.41, 5.74) is 6.22. The fraction of sp³-hybridized carbons (Fsp3) is 0.622. The van der Waals surface area contributed by atoms with E-state index in [2.05, 4.69) is 31.3 Å². The third-order valence-electron chi connectivity index (χ3n) is 7.92. The molecule has 2 atom stereocenters. The van der Waals surface area contributed by atoms with Crippen LogP contribution in [0, 0.1) is 11.8 Å². The monoisotopic (exact) mass is 872 g/mol. The number of benzene rings is 1. The highest BCUT2D eigenvalue weighted by Gasteiger charge is 2.29. The van der Waals surface area contributed by atoms with Crippen molar-refractivity contribution in [1.82, 2.24) is 30.7 Å². The smallest absolute Gasteiger partial charge is 0.421 e. The third-order valence-corrected chi connectivity index (χ3v) is 8.94. The van der Waals surface area contributed by atoms with Gasteiger partial charge in [0.15, 0.2) is 0 Å². The average molecular weight is 873 g/mol. The maximum absolute atomic E-state index is 13.4. The van der Waals surface area contributed by atoms with E-state index in [0.29, 0.717) is 24.1 Å². The lowest BCUT2D eigenvalue weighted by molar-refractivity contribution is -0.148. The molecule has 0 radical (unpaired) electrons. The first-order valence-corrected chi connectivity index (χ1v) is 20.9. The summed E-state index contributed by atoms with van der Waals surface area (Å²) < 4.78 is 48.2. The number of nitrogens with one attached hydrogen (secondary N) is 7. The Morgan fingerprint density at radius 3 is 2.02 bits per heavy atom. The van der Waals surface area contributed by atoms with Gasteiger partial charge in [-0.25, -0.2) is 19.1 Å². The molecule has 0 saturated carbocycles. The lowest BCUT2D eigenvalue weighted by Crippen LogP contribution is -2.54. The number of amides is 7. The molecule has 0 spiro atoms. The van der Waals surface area contributed by atoms with Crippen molar-refractivity contribution in [1.29, 1.82) is 0 Å². The van der Waals surface area contributed by atoms with Crippen LogP contribution in [0.25, 0.3) is 0 Å². The number of hydrogen-bond acceptors (Lipinski definition) is 14. The fourth-order valence-corrected chi connectivity index (χ4v) is 5.46. The highest BCUT2D eigenvalue weighted by atomic mass is 32.2. The first-order chi connectivity index (χ1) is 28.3. The predicted octanol–water partition coefficient (Wildman–Crippen LogP) is 0.851. The van der Waals surface area contributed by atoms with Crippen LogP contribution in [0.3, 0.4) is 0 Å². The molecule has 23 heteroatoms. The number of urea groups is 1. The van der Waals surface area contributed by atoms with Crippen molar-refractivity contribution in [2.45, 2.75) is 91.8 Å². The van der Waals surface area contributed by atoms with E-state index < -0.39 is 58.2 Å². The Balaban J connectivity index is 2.52. The zero-order chi connectivity index (χ0) is 45.1. The van der Waals surface area contributed by atoms with Crippen molar-refractivity contribution >= 4 is 63.6 Å². The van der Waals surface area contributed by atoms with Crippen molar-refractivity contribution in [3.8, 4) is 0 Å². The number of anilines is 1. The quantitative estimate of drug-likeness (QED) is 0.0315. The van der Waals surface area contributed by atoms with E-state index in [1.165, 1.54) is 6.92 Å². The first-order valence-electron chi connectivity index (χ1n) is 19.4. The van der Waals surface area contributed by atoms with E-state index >= 15 is 0 Å². The van der Waals surface area contributed by atoms with Crippen LogP contribution in [0.5, 0.6) is 0 Å². The zero-order valence-electron chi connectivity index (χ0n) is 34.7. The van der Waals surface area contributed by atoms with Gasteiger partial charge in [-0.15, -0.1) is 0 Å². The molecule has 0 aromatic heterocycles. The van der Waals surface area contributed by atoms with Crippen molar-refractivity contribution < 1.29 is 65.7 Å². The van der Waals surface area contributed by atoms with E-state index in [-0.39, 0.29) is 102 Å². The normalized spacial score (nSPS) is 12.1. The molecule has 1 aromatic rings. The summed E-state index contributed by atoms with van der Waals surface area (Å²) in [5, 5.41) is 12.8. The number of alkyl carbamates (subject to hydrolysis) is 1. The van der Waals surface area contributed by atoms with Crippen molar-refractivity contribution in [2.24, 2.45) is 17.6 Å². The Hall–Kier alpha value is -5.55. The van der Waals surface area contributed by atoms with Crippen LogP contribution in [0.1, 0.15) is 78.7 Å². The van der Waals surface area contributed by atoms with Gasteiger partial charge in [0.1, 0.15) is 31.1 Å². The number of carbonyl (C=O) groups excluding carboxylic acids is 8. The average Bonchev–Trinajstić information content (AvgIpc) is 3.16. The summed E-state index contributed by atoms with van der Waals surface area (Å²) in [5.74, 6) is -2.61. The zero-order valence-corrected chi connectivity index (χ0v) is 35.5. The number of Topliss-reactive ketones (excluding diaryl/α,β-unsaturated/α-hetero) is 1. The molecule has 0 saturated heterocycles. The molecule has 22 nitrogen and oxygen atoms in total. The second kappa shape index (κ2) is 28.8. The van der Waals surface area contributed by atoms with Gasteiger partial charge < -0.3 is 56.1 Å². The molecule has 0 aliphatic rings. The summed E-state index contributed by atoms with van der Waals surface area (Å²) in [6, 6.07) is 3.58. The molecule has 9 N–H and O–H groups in total. The van der Waals surface area contributed by atoms with Gasteiger partial charge in [0, 0.05) is 38.2 Å². The second-order valence-corrected chi connectivity index (χ2v) is 15.5. The van der Waals surface area contributed by atoms with Crippen LogP contribution >= 0.6 is 0 Å². The lowest BCUT2D eigenvalue weighted by Gasteiger charge is -2.25. The molecule has 1 aromatic carbocycles. The van der Waals surface area contributed by atoms with E-state index in [1.54, 1.807) is 56.7 Å². The minimum absolute atomic E-state index is 0.0114. The van der Waals surface area contributed by atoms with Crippen LogP contribution < -0.4 is 41.8 Å². The molecule has 338 valence electrons. The Bertz CT molecular complexity index is 1680. The van der Waals surface area contributed by atoms with Crippen molar-refractivity contribution in [3.63, 3.8) is 0 Å². The third kappa shape index (κ3) is 25.0. The van der Waals surface area contributed by atoms with E-state index in [1.807, 2.05) is 0 Å². The van der Waals surface area contributed by atoms with Gasteiger partial charge in [0.25, 0.3) is 0 Å². The summed E-state index contributed by atoms with van der Waals surface area (Å²) in [6.45, 7) is 7.57. The van der Waals surface area contributed by atoms with Crippen LogP contribution in [-0.2, 0) is 59.7 Å². The summed E-state index contributed by atoms with van der Waals surface area (Å²) in [4.78, 5) is 96.5. The number of nitrogens with two attached hydrogens (primary N) is 1. The molecule has 0 aliphatic heterocycles. The molecule has 0 heterocycles. The van der Waals surface area contributed by atoms with Gasteiger partial charge in [0.2, 0.25) is 17.7 Å². The maximum atomic E-state index is 13.4. The van der Waals surface area contributed by atoms with Gasteiger partial charge in [-0.3, -0.25) is 19.2 Å². The number of esters is 1. The Morgan fingerprint density at radius 1 is 0.717 bits per heavy atom. The Morgan fingerprint density at radius 2 is 1.38 bits per heavy atom. The standard InChI is InChI=1S/C37H60N8O14S/c1-24(2)31(33(49)43-29(10-7-16-40-35(38)51)32(48)42-28-14-12-27(13-15-28)23-59-34(50)25(3)4)44-36(52)58-22-21-56-20-18-41-60(54,55)45-37(53)57-19-8-17-39-30(47)11-6-9-26(5)46/h12-15,24-25,29,31,41H,6-11,16-23H2,1-5H3,(H,39,47)(H,42,48)(H,43,49)(H,44,52)(H,45,53)(H3,38,40,51)/t29-,31-/m1/s1. The van der Waals surface area contributed by atoms with Gasteiger partial charge in [-0.1, -0.05) is 39.8 Å². The van der Waals surface area contributed by atoms with Gasteiger partial charge in [-0.05, 0) is 56.2 Å². The highest BCUT2D eigenvalue weighted by molar-refractivity contribution is 7.88. The van der Waals surface area contributed by atoms with Crippen LogP contribution in [0.15, 0.2) is 24.3 Å². The van der Waals surface area contributed by atoms with Gasteiger partial charge >= 0.3 is 34.4 Å². The van der Waals surface area contributed by atoms with E-state index in [9.17, 15) is 46.8 Å². The molecule has 0 bridgehead atoms. The minimum atomic E-state index is -4.28. The number of carbonyl (C=O) groups is 8. The molecule has 0 aliphatic carbocycles. The molecular weight excluding hydrogens is 813 g/mol. The molecule has 0 unspecified atom stereocenters. The SMILES string of the molecule is CC(=O)CCCC(=O)NCCCOC(=O)NS(=O)(=O)NCCOCCOC(=O)N[C@@H](C(=O)N[C@H](CCCNC(N)=O)C(=O)Nc1ccc(COC(=O)C(C)C)cc1)C(C)C. The Kier molecular flexibility index (Phi) is 25.2. The van der Waals surface area contributed by atoms with E-state index in [4.69, 9.17) is 24.7 Å². The lowest BCUT2D eigenvalue weighted by atomic mass is 10.0. The first kappa shape index (κ1) is 52.5. The Labute approximate surface area is 350 Å².